The maximum atomic E-state index is 12.0. The van der Waals surface area contributed by atoms with Gasteiger partial charge in [0.1, 0.15) is 5.75 Å². The predicted molar refractivity (Wildman–Crippen MR) is 178 cm³/mol. The standard InChI is InChI=1S/C29H36N4O10S4/c1-28(2)22-18-20(46(30,40)41)10-12-24(22)32(14-16-44(34,35)36)26(28)8-6-5-7-9-27-29(3,4)23-19-21(47(31,42)43)11-13-25(23)33(27)15-17-45(37,38)39/h5-13,18-19H,14-17H2,1-4H3,(H5-,30,31,34,35,36,37,38,39,40,41,42,43)/p+1. The van der Waals surface area contributed by atoms with Gasteiger partial charge in [0.2, 0.25) is 25.7 Å². The summed E-state index contributed by atoms with van der Waals surface area (Å²) in [6.45, 7) is 7.09. The zero-order valence-corrected chi connectivity index (χ0v) is 29.3. The minimum atomic E-state index is -4.32. The fourth-order valence-corrected chi connectivity index (χ4v) is 7.82. The highest BCUT2D eigenvalue weighted by Gasteiger charge is 2.45. The van der Waals surface area contributed by atoms with Crippen LogP contribution in [-0.4, -0.2) is 77.7 Å². The summed E-state index contributed by atoms with van der Waals surface area (Å²) in [6, 6.07) is 8.59. The molecule has 2 aromatic carbocycles. The third-order valence-corrected chi connectivity index (χ3v) is 11.5. The minimum Gasteiger partial charge on any atom is -0.343 e. The van der Waals surface area contributed by atoms with E-state index >= 15 is 0 Å². The number of sulfonamides is 2. The Labute approximate surface area is 275 Å². The van der Waals surface area contributed by atoms with Crippen LogP contribution in [0.2, 0.25) is 0 Å². The zero-order valence-electron chi connectivity index (χ0n) is 26.0. The topological polar surface area (TPSA) is 235 Å². The molecule has 0 bridgehead atoms. The second-order valence-electron chi connectivity index (χ2n) is 12.3. The summed E-state index contributed by atoms with van der Waals surface area (Å²) in [4.78, 5) is 1.46. The predicted octanol–water partition coefficient (Wildman–Crippen LogP) is 1.93. The van der Waals surface area contributed by atoms with Crippen molar-refractivity contribution in [1.82, 2.24) is 0 Å². The van der Waals surface area contributed by atoms with Crippen LogP contribution in [0.3, 0.4) is 0 Å². The van der Waals surface area contributed by atoms with Crippen LogP contribution in [0.5, 0.6) is 0 Å². The molecule has 256 valence electrons. The smallest absolute Gasteiger partial charge is 0.271 e. The molecular formula is C29H37N4O10S4+. The Morgan fingerprint density at radius 2 is 1.30 bits per heavy atom. The number of anilines is 1. The number of allylic oxidation sites excluding steroid dienone is 6. The van der Waals surface area contributed by atoms with Gasteiger partial charge in [-0.15, -0.1) is 0 Å². The molecule has 6 N–H and O–H groups in total. The minimum absolute atomic E-state index is 0.106. The molecule has 0 saturated heterocycles. The molecule has 0 atom stereocenters. The Bertz CT molecular complexity index is 2200. The summed E-state index contributed by atoms with van der Waals surface area (Å²) in [7, 11) is -16.7. The monoisotopic (exact) mass is 729 g/mol. The quantitative estimate of drug-likeness (QED) is 0.148. The molecular weight excluding hydrogens is 693 g/mol. The number of primary sulfonamides is 2. The fraction of sp³-hybridized carbons (Fsp3) is 0.345. The van der Waals surface area contributed by atoms with E-state index in [0.717, 1.165) is 0 Å². The molecule has 0 radical (unpaired) electrons. The Morgan fingerprint density at radius 1 is 0.745 bits per heavy atom. The van der Waals surface area contributed by atoms with Crippen molar-refractivity contribution in [3.8, 4) is 0 Å². The number of nitrogens with zero attached hydrogens (tertiary/aromatic N) is 2. The van der Waals surface area contributed by atoms with E-state index in [1.165, 1.54) is 36.4 Å². The molecule has 0 aromatic heterocycles. The maximum absolute atomic E-state index is 12.0. The van der Waals surface area contributed by atoms with E-state index in [9.17, 15) is 42.8 Å². The van der Waals surface area contributed by atoms with Crippen LogP contribution in [0.15, 0.2) is 82.3 Å². The van der Waals surface area contributed by atoms with Crippen molar-refractivity contribution >= 4 is 57.4 Å². The van der Waals surface area contributed by atoms with Crippen LogP contribution >= 0.6 is 0 Å². The van der Waals surface area contributed by atoms with Gasteiger partial charge in [-0.05, 0) is 55.8 Å². The summed E-state index contributed by atoms with van der Waals surface area (Å²) in [5.74, 6) is -1.16. The first kappa shape index (κ1) is 36.6. The lowest BCUT2D eigenvalue weighted by molar-refractivity contribution is -0.432. The molecule has 0 fully saturated rings. The second kappa shape index (κ2) is 12.3. The summed E-state index contributed by atoms with van der Waals surface area (Å²) in [5.41, 5.74) is 1.89. The van der Waals surface area contributed by atoms with E-state index in [-0.39, 0.29) is 22.9 Å². The van der Waals surface area contributed by atoms with E-state index in [1.807, 2.05) is 27.7 Å². The number of hydrogen-bond acceptors (Lipinski definition) is 9. The van der Waals surface area contributed by atoms with Gasteiger partial charge in [-0.2, -0.15) is 21.4 Å². The van der Waals surface area contributed by atoms with Crippen molar-refractivity contribution in [2.24, 2.45) is 10.3 Å². The third-order valence-electron chi connectivity index (χ3n) is 8.26. The Kier molecular flexibility index (Phi) is 9.61. The first-order valence-corrected chi connectivity index (χ1v) is 20.4. The number of fused-ring (bicyclic) bond motifs is 2. The zero-order chi connectivity index (χ0) is 35.4. The molecule has 0 amide bonds. The SMILES string of the molecule is CC1(C)C(/C=C/C=C/C=C2/N(CCS(=O)(=O)O)c3ccc(S(N)(=O)=O)cc3C2(C)C)=[N+](CCS(=O)(=O)O)c2ccc(S(N)(=O)=O)cc21. The van der Waals surface area contributed by atoms with Crippen LogP contribution in [0.1, 0.15) is 38.8 Å². The largest absolute Gasteiger partial charge is 0.343 e. The van der Waals surface area contributed by atoms with Gasteiger partial charge in [0.15, 0.2) is 12.3 Å². The highest BCUT2D eigenvalue weighted by atomic mass is 32.2. The van der Waals surface area contributed by atoms with Crippen LogP contribution in [0.25, 0.3) is 0 Å². The Hall–Kier alpha value is -3.23. The van der Waals surface area contributed by atoms with Gasteiger partial charge >= 0.3 is 0 Å². The molecule has 18 heteroatoms. The molecule has 0 aliphatic carbocycles. The van der Waals surface area contributed by atoms with E-state index in [2.05, 4.69) is 0 Å². The van der Waals surface area contributed by atoms with Gasteiger partial charge < -0.3 is 4.90 Å². The van der Waals surface area contributed by atoms with E-state index < -0.39 is 62.6 Å². The van der Waals surface area contributed by atoms with Crippen LogP contribution in [0.4, 0.5) is 11.4 Å². The van der Waals surface area contributed by atoms with Gasteiger partial charge in [0.25, 0.3) is 20.2 Å². The second-order valence-corrected chi connectivity index (χ2v) is 18.5. The Balaban J connectivity index is 1.74. The number of nitrogens with two attached hydrogens (primary N) is 2. The Morgan fingerprint density at radius 3 is 1.85 bits per heavy atom. The van der Waals surface area contributed by atoms with E-state index in [1.54, 1.807) is 39.9 Å². The average Bonchev–Trinajstić information content (AvgIpc) is 3.26. The molecule has 2 aliphatic heterocycles. The van der Waals surface area contributed by atoms with Crippen molar-refractivity contribution in [3.05, 3.63) is 83.6 Å². The van der Waals surface area contributed by atoms with Crippen LogP contribution < -0.4 is 15.2 Å². The van der Waals surface area contributed by atoms with Crippen molar-refractivity contribution in [3.63, 3.8) is 0 Å². The molecule has 2 heterocycles. The van der Waals surface area contributed by atoms with Gasteiger partial charge in [-0.1, -0.05) is 32.1 Å². The first-order chi connectivity index (χ1) is 21.3. The third kappa shape index (κ3) is 7.92. The lowest BCUT2D eigenvalue weighted by Crippen LogP contribution is -2.30. The van der Waals surface area contributed by atoms with Crippen LogP contribution in [-0.2, 0) is 51.1 Å². The molecule has 47 heavy (non-hydrogen) atoms. The van der Waals surface area contributed by atoms with E-state index in [4.69, 9.17) is 10.3 Å². The molecule has 14 nitrogen and oxygen atoms in total. The summed E-state index contributed by atoms with van der Waals surface area (Å²) >= 11 is 0. The lowest BCUT2D eigenvalue weighted by Gasteiger charge is -2.26. The van der Waals surface area contributed by atoms with Crippen molar-refractivity contribution in [2.45, 2.75) is 48.3 Å². The maximum Gasteiger partial charge on any atom is 0.271 e. The first-order valence-electron chi connectivity index (χ1n) is 14.1. The summed E-state index contributed by atoms with van der Waals surface area (Å²) < 4.78 is 115. The fourth-order valence-electron chi connectivity index (χ4n) is 5.92. The van der Waals surface area contributed by atoms with Crippen molar-refractivity contribution < 1.29 is 47.4 Å². The molecule has 0 unspecified atom stereocenters. The number of benzene rings is 2. The number of hydrogen-bond donors (Lipinski definition) is 4. The van der Waals surface area contributed by atoms with Crippen molar-refractivity contribution in [2.75, 3.05) is 29.5 Å². The van der Waals surface area contributed by atoms with Gasteiger partial charge in [0, 0.05) is 41.1 Å². The van der Waals surface area contributed by atoms with Crippen molar-refractivity contribution in [1.29, 1.82) is 0 Å². The highest BCUT2D eigenvalue weighted by Crippen LogP contribution is 2.48. The highest BCUT2D eigenvalue weighted by molar-refractivity contribution is 7.89. The summed E-state index contributed by atoms with van der Waals surface area (Å²) in [5, 5.41) is 10.7. The van der Waals surface area contributed by atoms with Gasteiger partial charge in [-0.25, -0.2) is 27.1 Å². The molecule has 0 spiro atoms. The number of rotatable bonds is 11. The van der Waals surface area contributed by atoms with Gasteiger partial charge in [0.05, 0.1) is 21.0 Å². The summed E-state index contributed by atoms with van der Waals surface area (Å²) in [6.07, 6.45) is 8.47. The molecule has 2 aliphatic rings. The average molecular weight is 730 g/mol. The molecule has 4 rings (SSSR count). The lowest BCUT2D eigenvalue weighted by atomic mass is 9.81. The molecule has 2 aromatic rings. The van der Waals surface area contributed by atoms with Crippen LogP contribution in [0, 0.1) is 0 Å². The van der Waals surface area contributed by atoms with E-state index in [0.29, 0.717) is 33.9 Å². The van der Waals surface area contributed by atoms with Gasteiger partial charge in [-0.3, -0.25) is 9.11 Å². The normalized spacial score (nSPS) is 18.9. The molecule has 0 saturated carbocycles.